The molecule has 0 saturated heterocycles. The van der Waals surface area contributed by atoms with Crippen LogP contribution in [0.25, 0.3) is 0 Å². The number of aromatic nitrogens is 1. The number of hydrogen-bond acceptors (Lipinski definition) is 4. The Hall–Kier alpha value is -1.95. The van der Waals surface area contributed by atoms with Crippen LogP contribution in [0, 0.1) is 18.7 Å². The Kier molecular flexibility index (Phi) is 3.88. The molecule has 1 N–H and O–H groups in total. The summed E-state index contributed by atoms with van der Waals surface area (Å²) in [5.74, 6) is 0.295. The normalized spacial score (nSPS) is 14.0. The number of hydrogen-bond donors (Lipinski definition) is 1. The summed E-state index contributed by atoms with van der Waals surface area (Å²) in [5.41, 5.74) is 2.79. The number of nitrogens with zero attached hydrogens (tertiary/aromatic N) is 1. The molecule has 21 heavy (non-hydrogen) atoms. The molecule has 4 nitrogen and oxygen atoms in total. The SMILES string of the molecule is Cc1ncsc1C(=O)Nc1ccc(F)cc1OCC1CC1. The summed E-state index contributed by atoms with van der Waals surface area (Å²) >= 11 is 1.28. The highest BCUT2D eigenvalue weighted by Crippen LogP contribution is 2.32. The number of thiazole rings is 1. The van der Waals surface area contributed by atoms with Crippen molar-refractivity contribution < 1.29 is 13.9 Å². The van der Waals surface area contributed by atoms with Crippen LogP contribution < -0.4 is 10.1 Å². The van der Waals surface area contributed by atoms with Gasteiger partial charge in [0.15, 0.2) is 0 Å². The van der Waals surface area contributed by atoms with Crippen LogP contribution in [0.3, 0.4) is 0 Å². The smallest absolute Gasteiger partial charge is 0.267 e. The minimum absolute atomic E-state index is 0.252. The Bertz CT molecular complexity index is 667. The summed E-state index contributed by atoms with van der Waals surface area (Å²) < 4.78 is 19.0. The number of nitrogens with one attached hydrogen (secondary N) is 1. The van der Waals surface area contributed by atoms with E-state index in [2.05, 4.69) is 10.3 Å². The molecule has 0 unspecified atom stereocenters. The third-order valence-electron chi connectivity index (χ3n) is 3.32. The lowest BCUT2D eigenvalue weighted by molar-refractivity contribution is 0.102. The van der Waals surface area contributed by atoms with Crippen molar-refractivity contribution in [3.05, 3.63) is 40.1 Å². The van der Waals surface area contributed by atoms with Crippen molar-refractivity contribution in [1.29, 1.82) is 0 Å². The second kappa shape index (κ2) is 5.81. The molecule has 1 aromatic carbocycles. The van der Waals surface area contributed by atoms with Crippen LogP contribution in [0.4, 0.5) is 10.1 Å². The molecule has 2 aromatic rings. The summed E-state index contributed by atoms with van der Waals surface area (Å²) in [6.45, 7) is 2.34. The van der Waals surface area contributed by atoms with Crippen molar-refractivity contribution in [3.63, 3.8) is 0 Å². The molecular formula is C15H15FN2O2S. The first-order valence-corrected chi connectivity index (χ1v) is 7.65. The highest BCUT2D eigenvalue weighted by molar-refractivity contribution is 7.12. The molecule has 1 aliphatic rings. The highest BCUT2D eigenvalue weighted by atomic mass is 32.1. The third kappa shape index (κ3) is 3.39. The van der Waals surface area contributed by atoms with Gasteiger partial charge in [0.05, 0.1) is 23.5 Å². The minimum Gasteiger partial charge on any atom is -0.491 e. The lowest BCUT2D eigenvalue weighted by Crippen LogP contribution is -2.13. The average Bonchev–Trinajstić information content (AvgIpc) is 3.19. The van der Waals surface area contributed by atoms with Crippen LogP contribution >= 0.6 is 11.3 Å². The van der Waals surface area contributed by atoms with Crippen molar-refractivity contribution in [2.75, 3.05) is 11.9 Å². The summed E-state index contributed by atoms with van der Waals surface area (Å²) in [7, 11) is 0. The third-order valence-corrected chi connectivity index (χ3v) is 4.24. The molecule has 1 saturated carbocycles. The zero-order valence-electron chi connectivity index (χ0n) is 11.6. The Balaban J connectivity index is 1.77. The lowest BCUT2D eigenvalue weighted by Gasteiger charge is -2.12. The van der Waals surface area contributed by atoms with Crippen LogP contribution in [0.2, 0.25) is 0 Å². The molecule has 1 aromatic heterocycles. The molecule has 0 atom stereocenters. The van der Waals surface area contributed by atoms with Crippen LogP contribution in [0.5, 0.6) is 5.75 Å². The number of benzene rings is 1. The molecule has 1 aliphatic carbocycles. The maximum atomic E-state index is 13.4. The van der Waals surface area contributed by atoms with E-state index in [0.29, 0.717) is 34.5 Å². The molecule has 0 bridgehead atoms. The zero-order valence-corrected chi connectivity index (χ0v) is 12.4. The van der Waals surface area contributed by atoms with E-state index in [1.807, 2.05) is 0 Å². The van der Waals surface area contributed by atoms with Crippen LogP contribution in [0.15, 0.2) is 23.7 Å². The Labute approximate surface area is 126 Å². The maximum Gasteiger partial charge on any atom is 0.267 e. The summed E-state index contributed by atoms with van der Waals surface area (Å²) in [6.07, 6.45) is 2.30. The van der Waals surface area contributed by atoms with Gasteiger partial charge in [0, 0.05) is 6.07 Å². The molecule has 6 heteroatoms. The van der Waals surface area contributed by atoms with E-state index in [-0.39, 0.29) is 11.7 Å². The van der Waals surface area contributed by atoms with Gasteiger partial charge in [-0.15, -0.1) is 11.3 Å². The van der Waals surface area contributed by atoms with Crippen molar-refractivity contribution in [2.24, 2.45) is 5.92 Å². The molecule has 0 radical (unpaired) electrons. The van der Waals surface area contributed by atoms with Gasteiger partial charge in [-0.05, 0) is 37.8 Å². The number of ether oxygens (including phenoxy) is 1. The minimum atomic E-state index is -0.382. The van der Waals surface area contributed by atoms with Gasteiger partial charge in [-0.1, -0.05) is 0 Å². The Morgan fingerprint density at radius 1 is 1.52 bits per heavy atom. The van der Waals surface area contributed by atoms with Gasteiger partial charge in [0.2, 0.25) is 0 Å². The van der Waals surface area contributed by atoms with E-state index >= 15 is 0 Å². The second-order valence-corrected chi connectivity index (χ2v) is 5.97. The second-order valence-electron chi connectivity index (χ2n) is 5.12. The van der Waals surface area contributed by atoms with Gasteiger partial charge in [-0.25, -0.2) is 9.37 Å². The summed E-state index contributed by atoms with van der Waals surface area (Å²) in [6, 6.07) is 4.13. The number of carbonyl (C=O) groups is 1. The molecule has 0 spiro atoms. The molecule has 3 rings (SSSR count). The number of anilines is 1. The lowest BCUT2D eigenvalue weighted by atomic mass is 10.2. The maximum absolute atomic E-state index is 13.4. The topological polar surface area (TPSA) is 51.2 Å². The van der Waals surface area contributed by atoms with Crippen molar-refractivity contribution in [3.8, 4) is 5.75 Å². The van der Waals surface area contributed by atoms with Crippen LogP contribution in [-0.4, -0.2) is 17.5 Å². The number of carbonyl (C=O) groups excluding carboxylic acids is 1. The Morgan fingerprint density at radius 3 is 3.00 bits per heavy atom. The zero-order chi connectivity index (χ0) is 14.8. The fourth-order valence-electron chi connectivity index (χ4n) is 1.91. The molecule has 0 aliphatic heterocycles. The number of amides is 1. The van der Waals surface area contributed by atoms with Gasteiger partial charge >= 0.3 is 0 Å². The van der Waals surface area contributed by atoms with Gasteiger partial charge in [0.1, 0.15) is 16.4 Å². The summed E-state index contributed by atoms with van der Waals surface area (Å²) in [4.78, 5) is 16.8. The largest absolute Gasteiger partial charge is 0.491 e. The van der Waals surface area contributed by atoms with E-state index in [9.17, 15) is 9.18 Å². The highest BCUT2D eigenvalue weighted by Gasteiger charge is 2.23. The van der Waals surface area contributed by atoms with Crippen molar-refractivity contribution in [2.45, 2.75) is 19.8 Å². The predicted molar refractivity (Wildman–Crippen MR) is 79.4 cm³/mol. The van der Waals surface area contributed by atoms with E-state index in [4.69, 9.17) is 4.74 Å². The monoisotopic (exact) mass is 306 g/mol. The average molecular weight is 306 g/mol. The quantitative estimate of drug-likeness (QED) is 0.917. The molecule has 1 amide bonds. The Morgan fingerprint density at radius 2 is 2.33 bits per heavy atom. The van der Waals surface area contributed by atoms with Crippen LogP contribution in [-0.2, 0) is 0 Å². The number of rotatable bonds is 5. The standard InChI is InChI=1S/C15H15FN2O2S/c1-9-14(21-8-17-9)15(19)18-12-5-4-11(16)6-13(12)20-7-10-2-3-10/h4-6,8,10H,2-3,7H2,1H3,(H,18,19). The molecule has 1 heterocycles. The first-order valence-electron chi connectivity index (χ1n) is 6.77. The van der Waals surface area contributed by atoms with E-state index < -0.39 is 0 Å². The van der Waals surface area contributed by atoms with Crippen LogP contribution in [0.1, 0.15) is 28.2 Å². The summed E-state index contributed by atoms with van der Waals surface area (Å²) in [5, 5.41) is 2.76. The van der Waals surface area contributed by atoms with E-state index in [1.165, 1.54) is 29.5 Å². The first kappa shape index (κ1) is 14.0. The molecule has 110 valence electrons. The van der Waals surface area contributed by atoms with Gasteiger partial charge in [-0.2, -0.15) is 0 Å². The van der Waals surface area contributed by atoms with E-state index in [1.54, 1.807) is 12.4 Å². The molecular weight excluding hydrogens is 291 g/mol. The van der Waals surface area contributed by atoms with Gasteiger partial charge < -0.3 is 10.1 Å². The first-order chi connectivity index (χ1) is 10.1. The van der Waals surface area contributed by atoms with Gasteiger partial charge in [0.25, 0.3) is 5.91 Å². The fourth-order valence-corrected chi connectivity index (χ4v) is 2.61. The predicted octanol–water partition coefficient (Wildman–Crippen LogP) is 3.63. The van der Waals surface area contributed by atoms with Crippen molar-refractivity contribution in [1.82, 2.24) is 4.98 Å². The fraction of sp³-hybridized carbons (Fsp3) is 0.333. The number of aryl methyl sites for hydroxylation is 1. The number of halogens is 1. The van der Waals surface area contributed by atoms with Crippen molar-refractivity contribution >= 4 is 22.9 Å². The van der Waals surface area contributed by atoms with Gasteiger partial charge in [-0.3, -0.25) is 4.79 Å². The van der Waals surface area contributed by atoms with E-state index in [0.717, 1.165) is 12.8 Å². The molecule has 1 fully saturated rings.